The van der Waals surface area contributed by atoms with Crippen molar-refractivity contribution in [2.45, 2.75) is 12.3 Å². The number of aromatic nitrogens is 3. The van der Waals surface area contributed by atoms with Gasteiger partial charge in [0.25, 0.3) is 0 Å². The van der Waals surface area contributed by atoms with E-state index >= 15 is 0 Å². The molecule has 2 aromatic heterocycles. The van der Waals surface area contributed by atoms with E-state index in [9.17, 15) is 9.59 Å². The van der Waals surface area contributed by atoms with E-state index in [-0.39, 0.29) is 30.1 Å². The highest BCUT2D eigenvalue weighted by molar-refractivity contribution is 9.10. The lowest BCUT2D eigenvalue weighted by Gasteiger charge is -2.38. The number of likely N-dealkylation sites (tertiary alicyclic amines) is 1. The fourth-order valence-corrected chi connectivity index (χ4v) is 4.25. The zero-order valence-corrected chi connectivity index (χ0v) is 17.5. The Labute approximate surface area is 181 Å². The largest absolute Gasteiger partial charge is 0.341 e. The van der Waals surface area contributed by atoms with Gasteiger partial charge in [-0.1, -0.05) is 27.2 Å². The average molecular weight is 468 g/mol. The second-order valence-electron chi connectivity index (χ2n) is 7.52. The van der Waals surface area contributed by atoms with Crippen LogP contribution in [-0.2, 0) is 9.59 Å². The van der Waals surface area contributed by atoms with Crippen molar-refractivity contribution in [2.24, 2.45) is 5.92 Å². The summed E-state index contributed by atoms with van der Waals surface area (Å²) in [4.78, 5) is 37.2. The molecule has 30 heavy (non-hydrogen) atoms. The van der Waals surface area contributed by atoms with Crippen LogP contribution in [0.15, 0.2) is 57.8 Å². The number of halogens is 1. The number of hydrogen-bond donors (Lipinski definition) is 0. The summed E-state index contributed by atoms with van der Waals surface area (Å²) >= 11 is 3.43. The average Bonchev–Trinajstić information content (AvgIpc) is 3.35. The number of benzene rings is 1. The predicted molar refractivity (Wildman–Crippen MR) is 111 cm³/mol. The van der Waals surface area contributed by atoms with Crippen molar-refractivity contribution in [1.29, 1.82) is 0 Å². The van der Waals surface area contributed by atoms with E-state index in [1.807, 2.05) is 36.4 Å². The molecule has 2 fully saturated rings. The molecule has 0 N–H and O–H groups in total. The van der Waals surface area contributed by atoms with Gasteiger partial charge in [0, 0.05) is 54.2 Å². The molecule has 1 aromatic carbocycles. The van der Waals surface area contributed by atoms with Gasteiger partial charge in [0.1, 0.15) is 0 Å². The SMILES string of the molecule is O=C([C@H]1CC(=O)N(c2cccc(Br)c2)C1)N1CC(c2nc(-c3ccncc3)no2)C1. The van der Waals surface area contributed by atoms with E-state index in [1.165, 1.54) is 0 Å². The zero-order chi connectivity index (χ0) is 20.7. The minimum absolute atomic E-state index is 0.00553. The molecular weight excluding hydrogens is 450 g/mol. The van der Waals surface area contributed by atoms with Gasteiger partial charge in [-0.3, -0.25) is 14.6 Å². The Hall–Kier alpha value is -3.07. The molecule has 2 aliphatic heterocycles. The molecule has 2 amide bonds. The van der Waals surface area contributed by atoms with Gasteiger partial charge < -0.3 is 14.3 Å². The molecule has 9 heteroatoms. The standard InChI is InChI=1S/C21H18BrN5O3/c22-16-2-1-3-17(9-16)27-12-14(8-18(27)28)21(29)26-10-15(11-26)20-24-19(25-30-20)13-4-6-23-7-5-13/h1-7,9,14-15H,8,10-12H2/t14-/m0/s1. The fourth-order valence-electron chi connectivity index (χ4n) is 3.86. The summed E-state index contributed by atoms with van der Waals surface area (Å²) in [6, 6.07) is 11.2. The van der Waals surface area contributed by atoms with Crippen LogP contribution in [0.4, 0.5) is 5.69 Å². The smallest absolute Gasteiger partial charge is 0.233 e. The van der Waals surface area contributed by atoms with Crippen molar-refractivity contribution in [1.82, 2.24) is 20.0 Å². The second-order valence-corrected chi connectivity index (χ2v) is 8.43. The van der Waals surface area contributed by atoms with E-state index in [1.54, 1.807) is 22.2 Å². The summed E-state index contributed by atoms with van der Waals surface area (Å²) in [7, 11) is 0. The summed E-state index contributed by atoms with van der Waals surface area (Å²) < 4.78 is 6.30. The topological polar surface area (TPSA) is 92.4 Å². The number of carbonyl (C=O) groups is 2. The first kappa shape index (κ1) is 18.9. The van der Waals surface area contributed by atoms with Gasteiger partial charge >= 0.3 is 0 Å². The van der Waals surface area contributed by atoms with Gasteiger partial charge in [0.2, 0.25) is 23.5 Å². The first-order chi connectivity index (χ1) is 14.6. The molecule has 3 aromatic rings. The van der Waals surface area contributed by atoms with Gasteiger partial charge in [-0.25, -0.2) is 0 Å². The summed E-state index contributed by atoms with van der Waals surface area (Å²) in [5.41, 5.74) is 1.64. The lowest BCUT2D eigenvalue weighted by atomic mass is 9.96. The predicted octanol–water partition coefficient (Wildman–Crippen LogP) is 2.87. The Kier molecular flexibility index (Phi) is 4.82. The van der Waals surface area contributed by atoms with Crippen LogP contribution in [0.3, 0.4) is 0 Å². The third-order valence-corrected chi connectivity index (χ3v) is 6.01. The number of rotatable bonds is 4. The molecule has 2 aliphatic rings. The molecule has 4 heterocycles. The van der Waals surface area contributed by atoms with E-state index in [0.29, 0.717) is 31.3 Å². The molecule has 1 atom stereocenters. The number of carbonyl (C=O) groups excluding carboxylic acids is 2. The number of hydrogen-bond acceptors (Lipinski definition) is 6. The zero-order valence-electron chi connectivity index (χ0n) is 15.9. The van der Waals surface area contributed by atoms with Crippen LogP contribution in [0.2, 0.25) is 0 Å². The van der Waals surface area contributed by atoms with Gasteiger partial charge in [-0.2, -0.15) is 4.98 Å². The maximum absolute atomic E-state index is 12.9. The highest BCUT2D eigenvalue weighted by Crippen LogP contribution is 2.32. The minimum atomic E-state index is -0.326. The van der Waals surface area contributed by atoms with Crippen LogP contribution >= 0.6 is 15.9 Å². The molecule has 0 radical (unpaired) electrons. The Morgan fingerprint density at radius 2 is 1.93 bits per heavy atom. The van der Waals surface area contributed by atoms with Crippen molar-refractivity contribution < 1.29 is 14.1 Å². The first-order valence-electron chi connectivity index (χ1n) is 9.67. The molecule has 0 aliphatic carbocycles. The number of anilines is 1. The van der Waals surface area contributed by atoms with Crippen LogP contribution in [-0.4, -0.2) is 51.5 Å². The number of pyridine rings is 1. The van der Waals surface area contributed by atoms with Crippen molar-refractivity contribution in [3.8, 4) is 11.4 Å². The van der Waals surface area contributed by atoms with Gasteiger partial charge in [-0.15, -0.1) is 0 Å². The van der Waals surface area contributed by atoms with Crippen LogP contribution < -0.4 is 4.90 Å². The van der Waals surface area contributed by atoms with E-state index in [4.69, 9.17) is 4.52 Å². The number of amides is 2. The van der Waals surface area contributed by atoms with E-state index in [2.05, 4.69) is 31.1 Å². The van der Waals surface area contributed by atoms with E-state index < -0.39 is 0 Å². The maximum atomic E-state index is 12.9. The van der Waals surface area contributed by atoms with Gasteiger partial charge in [0.05, 0.1) is 11.8 Å². The Morgan fingerprint density at radius 3 is 2.70 bits per heavy atom. The molecule has 8 nitrogen and oxygen atoms in total. The highest BCUT2D eigenvalue weighted by Gasteiger charge is 2.42. The summed E-state index contributed by atoms with van der Waals surface area (Å²) in [5, 5.41) is 4.02. The fraction of sp³-hybridized carbons (Fsp3) is 0.286. The van der Waals surface area contributed by atoms with Crippen LogP contribution in [0, 0.1) is 5.92 Å². The molecule has 0 bridgehead atoms. The summed E-state index contributed by atoms with van der Waals surface area (Å²) in [6.45, 7) is 1.46. The molecule has 0 spiro atoms. The maximum Gasteiger partial charge on any atom is 0.233 e. The third-order valence-electron chi connectivity index (χ3n) is 5.52. The quantitative estimate of drug-likeness (QED) is 0.585. The van der Waals surface area contributed by atoms with Crippen LogP contribution in [0.5, 0.6) is 0 Å². The van der Waals surface area contributed by atoms with Gasteiger partial charge in [0.15, 0.2) is 0 Å². The molecule has 0 unspecified atom stereocenters. The van der Waals surface area contributed by atoms with E-state index in [0.717, 1.165) is 15.7 Å². The summed E-state index contributed by atoms with van der Waals surface area (Å²) in [5.74, 6) is 0.726. The molecule has 2 saturated heterocycles. The Bertz CT molecular complexity index is 1100. The minimum Gasteiger partial charge on any atom is -0.341 e. The van der Waals surface area contributed by atoms with Crippen LogP contribution in [0.25, 0.3) is 11.4 Å². The normalized spacial score (nSPS) is 19.2. The second kappa shape index (κ2) is 7.64. The van der Waals surface area contributed by atoms with Gasteiger partial charge in [-0.05, 0) is 30.3 Å². The third kappa shape index (κ3) is 3.49. The lowest BCUT2D eigenvalue weighted by molar-refractivity contribution is -0.140. The van der Waals surface area contributed by atoms with Crippen LogP contribution in [0.1, 0.15) is 18.2 Å². The monoisotopic (exact) mass is 467 g/mol. The molecular formula is C21H18BrN5O3. The first-order valence-corrected chi connectivity index (χ1v) is 10.5. The van der Waals surface area contributed by atoms with Crippen molar-refractivity contribution in [2.75, 3.05) is 24.5 Å². The summed E-state index contributed by atoms with van der Waals surface area (Å²) in [6.07, 6.45) is 3.59. The Balaban J connectivity index is 1.20. The van der Waals surface area contributed by atoms with Crippen molar-refractivity contribution >= 4 is 33.4 Å². The number of nitrogens with zero attached hydrogens (tertiary/aromatic N) is 5. The molecule has 152 valence electrons. The highest BCUT2D eigenvalue weighted by atomic mass is 79.9. The Morgan fingerprint density at radius 1 is 1.13 bits per heavy atom. The van der Waals surface area contributed by atoms with Crippen molar-refractivity contribution in [3.05, 3.63) is 59.2 Å². The lowest BCUT2D eigenvalue weighted by Crippen LogP contribution is -2.51. The van der Waals surface area contributed by atoms with Crippen molar-refractivity contribution in [3.63, 3.8) is 0 Å². The molecule has 5 rings (SSSR count). The molecule has 0 saturated carbocycles.